The highest BCUT2D eigenvalue weighted by Crippen LogP contribution is 2.47. The van der Waals surface area contributed by atoms with Crippen molar-refractivity contribution in [3.63, 3.8) is 0 Å². The maximum Gasteiger partial charge on any atom is 0.586 e. The van der Waals surface area contributed by atoms with Crippen molar-refractivity contribution >= 4 is 0 Å². The first-order chi connectivity index (χ1) is 13.5. The molecular weight excluding hydrogens is 358 g/mol. The van der Waals surface area contributed by atoms with Gasteiger partial charge in [-0.1, -0.05) is 51.5 Å². The van der Waals surface area contributed by atoms with Gasteiger partial charge in [0.25, 0.3) is 0 Å². The van der Waals surface area contributed by atoms with Crippen LogP contribution in [0, 0.1) is 17.8 Å². The van der Waals surface area contributed by atoms with Crippen LogP contribution >= 0.6 is 0 Å². The van der Waals surface area contributed by atoms with Gasteiger partial charge in [-0.3, -0.25) is 0 Å². The minimum Gasteiger partial charge on any atom is -0.395 e. The Morgan fingerprint density at radius 1 is 0.857 bits per heavy atom. The maximum absolute atomic E-state index is 13.2. The van der Waals surface area contributed by atoms with E-state index in [4.69, 9.17) is 0 Å². The quantitative estimate of drug-likeness (QED) is 0.462. The Morgan fingerprint density at radius 2 is 1.50 bits per heavy atom. The van der Waals surface area contributed by atoms with Gasteiger partial charge in [-0.2, -0.15) is 0 Å². The Bertz CT molecular complexity index is 644. The van der Waals surface area contributed by atoms with Crippen LogP contribution < -0.4 is 9.47 Å². The Labute approximate surface area is 168 Å². The molecule has 4 rings (SSSR count). The summed E-state index contributed by atoms with van der Waals surface area (Å²) in [5.74, 6) is 3.56. The molecule has 2 aliphatic carbocycles. The molecule has 156 valence electrons. The van der Waals surface area contributed by atoms with E-state index in [1.807, 2.05) is 6.07 Å². The van der Waals surface area contributed by atoms with E-state index in [1.165, 1.54) is 64.2 Å². The van der Waals surface area contributed by atoms with Gasteiger partial charge in [0.2, 0.25) is 0 Å². The number of fused-ring (bicyclic) bond motifs is 1. The van der Waals surface area contributed by atoms with Gasteiger partial charge < -0.3 is 9.47 Å². The number of rotatable bonds is 6. The number of unbranched alkanes of at least 4 members (excludes halogenated alkanes) is 2. The third-order valence-electron chi connectivity index (χ3n) is 7.44. The zero-order valence-electron chi connectivity index (χ0n) is 17.1. The van der Waals surface area contributed by atoms with Crippen LogP contribution in [0.15, 0.2) is 18.2 Å². The van der Waals surface area contributed by atoms with Gasteiger partial charge in [-0.15, -0.1) is 8.78 Å². The monoisotopic (exact) mass is 392 g/mol. The first-order valence-electron chi connectivity index (χ1n) is 11.4. The zero-order chi connectivity index (χ0) is 19.6. The second-order valence-corrected chi connectivity index (χ2v) is 9.26. The van der Waals surface area contributed by atoms with E-state index in [-0.39, 0.29) is 11.5 Å². The predicted octanol–water partition coefficient (Wildman–Crippen LogP) is 7.67. The lowest BCUT2D eigenvalue weighted by Crippen LogP contribution is -2.26. The van der Waals surface area contributed by atoms with Crippen molar-refractivity contribution in [3.8, 4) is 11.5 Å². The van der Waals surface area contributed by atoms with E-state index in [1.54, 1.807) is 12.1 Å². The van der Waals surface area contributed by atoms with E-state index in [0.717, 1.165) is 36.2 Å². The molecule has 0 N–H and O–H groups in total. The van der Waals surface area contributed by atoms with Crippen LogP contribution in [0.25, 0.3) is 0 Å². The van der Waals surface area contributed by atoms with E-state index in [0.29, 0.717) is 5.92 Å². The van der Waals surface area contributed by atoms with Gasteiger partial charge in [0.15, 0.2) is 11.5 Å². The summed E-state index contributed by atoms with van der Waals surface area (Å²) in [4.78, 5) is 0. The lowest BCUT2D eigenvalue weighted by Gasteiger charge is -2.38. The van der Waals surface area contributed by atoms with Crippen molar-refractivity contribution < 1.29 is 18.3 Å². The fourth-order valence-corrected chi connectivity index (χ4v) is 5.77. The molecule has 0 amide bonds. The third-order valence-corrected chi connectivity index (χ3v) is 7.44. The SMILES string of the molecule is CCCCC[C@H]1CC[C@H]([C@H]2CC[C@H](c3ccc4c(c3)OC(F)(F)O4)CC2)CC1. The molecule has 1 aliphatic heterocycles. The first-order valence-corrected chi connectivity index (χ1v) is 11.4. The van der Waals surface area contributed by atoms with Crippen LogP contribution in [-0.2, 0) is 0 Å². The molecule has 1 aromatic carbocycles. The lowest BCUT2D eigenvalue weighted by molar-refractivity contribution is -0.286. The van der Waals surface area contributed by atoms with Crippen molar-refractivity contribution in [2.45, 2.75) is 96.2 Å². The van der Waals surface area contributed by atoms with Crippen molar-refractivity contribution in [2.24, 2.45) is 17.8 Å². The number of ether oxygens (including phenoxy) is 2. The molecule has 2 saturated carbocycles. The largest absolute Gasteiger partial charge is 0.586 e. The average molecular weight is 393 g/mol. The Kier molecular flexibility index (Phi) is 6.13. The smallest absolute Gasteiger partial charge is 0.395 e. The summed E-state index contributed by atoms with van der Waals surface area (Å²) in [5.41, 5.74) is 1.12. The molecule has 1 aromatic rings. The van der Waals surface area contributed by atoms with Crippen LogP contribution in [0.5, 0.6) is 11.5 Å². The molecule has 2 fully saturated rings. The van der Waals surface area contributed by atoms with Crippen LogP contribution in [0.2, 0.25) is 0 Å². The maximum atomic E-state index is 13.2. The van der Waals surface area contributed by atoms with Gasteiger partial charge in [-0.25, -0.2) is 0 Å². The summed E-state index contributed by atoms with van der Waals surface area (Å²) in [7, 11) is 0. The number of hydrogen-bond acceptors (Lipinski definition) is 2. The van der Waals surface area contributed by atoms with Crippen molar-refractivity contribution in [1.82, 2.24) is 0 Å². The second kappa shape index (κ2) is 8.59. The van der Waals surface area contributed by atoms with Gasteiger partial charge >= 0.3 is 6.29 Å². The van der Waals surface area contributed by atoms with Gasteiger partial charge in [-0.05, 0) is 79.9 Å². The van der Waals surface area contributed by atoms with Crippen molar-refractivity contribution in [2.75, 3.05) is 0 Å². The Hall–Kier alpha value is -1.32. The highest BCUT2D eigenvalue weighted by Gasteiger charge is 2.43. The molecule has 0 unspecified atom stereocenters. The predicted molar refractivity (Wildman–Crippen MR) is 107 cm³/mol. The van der Waals surface area contributed by atoms with Crippen molar-refractivity contribution in [1.29, 1.82) is 0 Å². The minimum absolute atomic E-state index is 0.151. The Balaban J connectivity index is 1.25. The normalized spacial score (nSPS) is 31.7. The van der Waals surface area contributed by atoms with Crippen LogP contribution in [0.3, 0.4) is 0 Å². The molecule has 0 spiro atoms. The molecule has 0 radical (unpaired) electrons. The van der Waals surface area contributed by atoms with E-state index in [2.05, 4.69) is 16.4 Å². The summed E-state index contributed by atoms with van der Waals surface area (Å²) in [6.45, 7) is 2.28. The molecule has 2 nitrogen and oxygen atoms in total. The van der Waals surface area contributed by atoms with Crippen LogP contribution in [-0.4, -0.2) is 6.29 Å². The fraction of sp³-hybridized carbons (Fsp3) is 0.750. The standard InChI is InChI=1S/C24H34F2O2/c1-2-3-4-5-17-6-8-18(9-7-17)19-10-12-20(13-11-19)21-14-15-22-23(16-21)28-24(25,26)27-22/h14-20H,2-13H2,1H3/t17-,18-,19-,20-. The fourth-order valence-electron chi connectivity index (χ4n) is 5.77. The summed E-state index contributed by atoms with van der Waals surface area (Å²) in [6, 6.07) is 5.34. The van der Waals surface area contributed by atoms with E-state index >= 15 is 0 Å². The first kappa shape index (κ1) is 20.0. The molecule has 28 heavy (non-hydrogen) atoms. The molecule has 4 heteroatoms. The van der Waals surface area contributed by atoms with Gasteiger partial charge in [0.05, 0.1) is 0 Å². The third kappa shape index (κ3) is 4.63. The number of alkyl halides is 2. The van der Waals surface area contributed by atoms with E-state index < -0.39 is 6.29 Å². The van der Waals surface area contributed by atoms with E-state index in [9.17, 15) is 8.78 Å². The summed E-state index contributed by atoms with van der Waals surface area (Å²) in [6.07, 6.45) is 12.6. The van der Waals surface area contributed by atoms with Gasteiger partial charge in [0.1, 0.15) is 0 Å². The highest BCUT2D eigenvalue weighted by atomic mass is 19.3. The molecule has 0 saturated heterocycles. The minimum atomic E-state index is -3.52. The lowest BCUT2D eigenvalue weighted by atomic mass is 9.68. The molecule has 0 bridgehead atoms. The number of halogens is 2. The highest BCUT2D eigenvalue weighted by molar-refractivity contribution is 5.46. The zero-order valence-corrected chi connectivity index (χ0v) is 17.1. The summed E-state index contributed by atoms with van der Waals surface area (Å²) >= 11 is 0. The number of hydrogen-bond donors (Lipinski definition) is 0. The Morgan fingerprint density at radius 3 is 2.18 bits per heavy atom. The molecule has 0 atom stereocenters. The molecule has 3 aliphatic rings. The van der Waals surface area contributed by atoms with Crippen LogP contribution in [0.4, 0.5) is 8.78 Å². The second-order valence-electron chi connectivity index (χ2n) is 9.26. The molecule has 1 heterocycles. The summed E-state index contributed by atoms with van der Waals surface area (Å²) < 4.78 is 35.6. The average Bonchev–Trinajstić information content (AvgIpc) is 3.02. The van der Waals surface area contributed by atoms with Crippen LogP contribution in [0.1, 0.15) is 95.5 Å². The van der Waals surface area contributed by atoms with Crippen molar-refractivity contribution in [3.05, 3.63) is 23.8 Å². The number of benzene rings is 1. The molecular formula is C24H34F2O2. The molecule has 0 aromatic heterocycles. The summed E-state index contributed by atoms with van der Waals surface area (Å²) in [5, 5.41) is 0. The van der Waals surface area contributed by atoms with Gasteiger partial charge in [0, 0.05) is 0 Å². The topological polar surface area (TPSA) is 18.5 Å².